The molecular formula is C25H36N4S2. The van der Waals surface area contributed by atoms with Gasteiger partial charge in [0.1, 0.15) is 4.83 Å². The number of fused-ring (bicyclic) bond motifs is 5. The molecule has 1 aliphatic carbocycles. The molecule has 3 aromatic rings. The first-order chi connectivity index (χ1) is 15.2. The Balaban J connectivity index is 1.92. The Kier molecular flexibility index (Phi) is 7.70. The Morgan fingerprint density at radius 1 is 0.903 bits per heavy atom. The van der Waals surface area contributed by atoms with Crippen molar-refractivity contribution in [3.63, 3.8) is 0 Å². The molecule has 0 atom stereocenters. The number of unbranched alkanes of at least 4 members (excludes halogenated alkanes) is 3. The van der Waals surface area contributed by atoms with Crippen LogP contribution in [0, 0.1) is 0 Å². The van der Waals surface area contributed by atoms with Crippen LogP contribution in [0.4, 0.5) is 5.82 Å². The van der Waals surface area contributed by atoms with Gasteiger partial charge in [0.25, 0.3) is 0 Å². The van der Waals surface area contributed by atoms with E-state index < -0.39 is 0 Å². The minimum atomic E-state index is 0.891. The Morgan fingerprint density at radius 3 is 2.29 bits per heavy atom. The Morgan fingerprint density at radius 2 is 1.61 bits per heavy atom. The average Bonchev–Trinajstić information content (AvgIpc) is 3.41. The van der Waals surface area contributed by atoms with Crippen molar-refractivity contribution in [2.75, 3.05) is 24.2 Å². The molecule has 3 aromatic heterocycles. The predicted octanol–water partition coefficient (Wildman–Crippen LogP) is 7.20. The van der Waals surface area contributed by atoms with Crippen LogP contribution in [0.5, 0.6) is 0 Å². The van der Waals surface area contributed by atoms with Gasteiger partial charge in [0, 0.05) is 24.2 Å². The molecule has 0 bridgehead atoms. The molecule has 0 unspecified atom stereocenters. The van der Waals surface area contributed by atoms with Crippen LogP contribution in [0.1, 0.15) is 82.5 Å². The lowest BCUT2D eigenvalue weighted by atomic mass is 10.0. The number of rotatable bonds is 11. The monoisotopic (exact) mass is 456 g/mol. The van der Waals surface area contributed by atoms with E-state index in [0.717, 1.165) is 36.0 Å². The third-order valence-electron chi connectivity index (χ3n) is 6.39. The molecule has 4 nitrogen and oxygen atoms in total. The molecule has 0 fully saturated rings. The number of anilines is 1. The maximum absolute atomic E-state index is 5.23. The summed E-state index contributed by atoms with van der Waals surface area (Å²) in [5.74, 6) is 1.14. The molecule has 0 saturated heterocycles. The fourth-order valence-corrected chi connectivity index (χ4v) is 6.23. The molecule has 3 heterocycles. The number of nitrogens with zero attached hydrogens (tertiary/aromatic N) is 4. The highest BCUT2D eigenvalue weighted by Gasteiger charge is 2.26. The van der Waals surface area contributed by atoms with Gasteiger partial charge >= 0.3 is 0 Å². The van der Waals surface area contributed by atoms with Crippen LogP contribution in [0.2, 0.25) is 0 Å². The number of hydrogen-bond donors (Lipinski definition) is 0. The lowest BCUT2D eigenvalue weighted by Gasteiger charge is -2.24. The second-order valence-electron chi connectivity index (χ2n) is 8.66. The summed E-state index contributed by atoms with van der Waals surface area (Å²) in [6.07, 6.45) is 14.0. The quantitative estimate of drug-likeness (QED) is 0.225. The predicted molar refractivity (Wildman–Crippen MR) is 137 cm³/mol. The van der Waals surface area contributed by atoms with Crippen LogP contribution in [0.15, 0.2) is 5.16 Å². The van der Waals surface area contributed by atoms with Gasteiger partial charge in [-0.05, 0) is 62.3 Å². The minimum Gasteiger partial charge on any atom is -0.355 e. The molecule has 0 amide bonds. The molecule has 0 radical (unpaired) electrons. The van der Waals surface area contributed by atoms with Crippen LogP contribution < -0.4 is 4.90 Å². The van der Waals surface area contributed by atoms with Crippen molar-refractivity contribution in [3.8, 4) is 0 Å². The largest absolute Gasteiger partial charge is 0.355 e. The molecule has 168 valence electrons. The number of aromatic nitrogens is 3. The topological polar surface area (TPSA) is 41.9 Å². The number of hydrogen-bond acceptors (Lipinski definition) is 6. The zero-order chi connectivity index (χ0) is 21.8. The standard InChI is InChI=1S/C25H36N4S2/c1-5-8-14-19-17-12-11-13-18(17)20-21-22(31-24(20)26-19)23(28-25(27-21)30-4)29(15-9-6-2)16-10-7-3/h5-16H2,1-4H3. The van der Waals surface area contributed by atoms with Crippen molar-refractivity contribution in [1.82, 2.24) is 15.0 Å². The third-order valence-corrected chi connectivity index (χ3v) is 8.01. The number of aryl methyl sites for hydroxylation is 2. The molecule has 31 heavy (non-hydrogen) atoms. The van der Waals surface area contributed by atoms with E-state index in [0.29, 0.717) is 0 Å². The van der Waals surface area contributed by atoms with Gasteiger partial charge in [0.05, 0.1) is 10.2 Å². The fourth-order valence-electron chi connectivity index (χ4n) is 4.69. The van der Waals surface area contributed by atoms with E-state index in [-0.39, 0.29) is 0 Å². The normalized spacial score (nSPS) is 13.4. The van der Waals surface area contributed by atoms with Crippen LogP contribution in [0.25, 0.3) is 20.4 Å². The van der Waals surface area contributed by atoms with E-state index in [2.05, 4.69) is 31.9 Å². The third kappa shape index (κ3) is 4.56. The molecule has 0 N–H and O–H groups in total. The van der Waals surface area contributed by atoms with Gasteiger partial charge in [-0.1, -0.05) is 51.8 Å². The van der Waals surface area contributed by atoms with Gasteiger partial charge in [-0.3, -0.25) is 0 Å². The smallest absolute Gasteiger partial charge is 0.189 e. The summed E-state index contributed by atoms with van der Waals surface area (Å²) < 4.78 is 1.24. The molecule has 0 spiro atoms. The summed E-state index contributed by atoms with van der Waals surface area (Å²) in [4.78, 5) is 19.0. The van der Waals surface area contributed by atoms with Gasteiger partial charge < -0.3 is 4.90 Å². The number of pyridine rings is 1. The fraction of sp³-hybridized carbons (Fsp3) is 0.640. The number of thiophene rings is 1. The SMILES string of the molecule is CCCCc1nc2sc3c(N(CCCC)CCCC)nc(SC)nc3c2c2c1CCC2. The van der Waals surface area contributed by atoms with E-state index in [1.807, 2.05) is 11.3 Å². The van der Waals surface area contributed by atoms with Gasteiger partial charge in [-0.2, -0.15) is 0 Å². The van der Waals surface area contributed by atoms with Crippen LogP contribution in [-0.2, 0) is 19.3 Å². The van der Waals surface area contributed by atoms with E-state index in [4.69, 9.17) is 15.0 Å². The molecule has 0 aromatic carbocycles. The van der Waals surface area contributed by atoms with Gasteiger partial charge in [0.15, 0.2) is 11.0 Å². The lowest BCUT2D eigenvalue weighted by Crippen LogP contribution is -2.26. The number of thioether (sulfide) groups is 1. The van der Waals surface area contributed by atoms with Crippen molar-refractivity contribution in [2.45, 2.75) is 90.1 Å². The van der Waals surface area contributed by atoms with Crippen molar-refractivity contribution in [3.05, 3.63) is 16.8 Å². The van der Waals surface area contributed by atoms with Crippen molar-refractivity contribution < 1.29 is 0 Å². The molecule has 6 heteroatoms. The molecule has 0 aliphatic heterocycles. The first-order valence-corrected chi connectivity index (χ1v) is 14.2. The first kappa shape index (κ1) is 22.8. The average molecular weight is 457 g/mol. The van der Waals surface area contributed by atoms with Crippen LogP contribution in [-0.4, -0.2) is 34.3 Å². The van der Waals surface area contributed by atoms with E-state index in [1.165, 1.54) is 89.5 Å². The Hall–Kier alpha value is -1.40. The maximum Gasteiger partial charge on any atom is 0.189 e. The first-order valence-electron chi connectivity index (χ1n) is 12.2. The summed E-state index contributed by atoms with van der Waals surface area (Å²) in [6, 6.07) is 0. The highest BCUT2D eigenvalue weighted by Crippen LogP contribution is 2.43. The van der Waals surface area contributed by atoms with E-state index in [1.54, 1.807) is 11.8 Å². The Labute approximate surface area is 195 Å². The molecule has 1 aliphatic rings. The van der Waals surface area contributed by atoms with Crippen molar-refractivity contribution in [2.24, 2.45) is 0 Å². The van der Waals surface area contributed by atoms with Crippen molar-refractivity contribution >= 4 is 49.3 Å². The summed E-state index contributed by atoms with van der Waals surface area (Å²) in [5.41, 5.74) is 5.56. The Bertz CT molecular complexity index is 1040. The summed E-state index contributed by atoms with van der Waals surface area (Å²) >= 11 is 3.49. The molecule has 0 saturated carbocycles. The van der Waals surface area contributed by atoms with E-state index >= 15 is 0 Å². The van der Waals surface area contributed by atoms with E-state index in [9.17, 15) is 0 Å². The molecular weight excluding hydrogens is 420 g/mol. The van der Waals surface area contributed by atoms with Gasteiger partial charge in [0.2, 0.25) is 0 Å². The second-order valence-corrected chi connectivity index (χ2v) is 10.4. The van der Waals surface area contributed by atoms with Crippen molar-refractivity contribution in [1.29, 1.82) is 0 Å². The lowest BCUT2D eigenvalue weighted by molar-refractivity contribution is 0.670. The van der Waals surface area contributed by atoms with Crippen LogP contribution in [0.3, 0.4) is 0 Å². The highest BCUT2D eigenvalue weighted by atomic mass is 32.2. The minimum absolute atomic E-state index is 0.891. The summed E-state index contributed by atoms with van der Waals surface area (Å²) in [6.45, 7) is 8.94. The zero-order valence-electron chi connectivity index (χ0n) is 19.6. The van der Waals surface area contributed by atoms with Crippen LogP contribution >= 0.6 is 23.1 Å². The zero-order valence-corrected chi connectivity index (χ0v) is 21.2. The van der Waals surface area contributed by atoms with Gasteiger partial charge in [-0.15, -0.1) is 11.3 Å². The summed E-state index contributed by atoms with van der Waals surface area (Å²) in [5, 5.41) is 2.22. The maximum atomic E-state index is 5.23. The molecule has 4 rings (SSSR count). The summed E-state index contributed by atoms with van der Waals surface area (Å²) in [7, 11) is 0. The second kappa shape index (κ2) is 10.5. The van der Waals surface area contributed by atoms with Gasteiger partial charge in [-0.25, -0.2) is 15.0 Å². The highest BCUT2D eigenvalue weighted by molar-refractivity contribution is 7.98.